The summed E-state index contributed by atoms with van der Waals surface area (Å²) >= 11 is 0. The predicted molar refractivity (Wildman–Crippen MR) is 56.3 cm³/mol. The van der Waals surface area contributed by atoms with Crippen LogP contribution in [-0.4, -0.2) is 30.7 Å². The van der Waals surface area contributed by atoms with Crippen molar-refractivity contribution < 1.29 is 0 Å². The highest BCUT2D eigenvalue weighted by Gasteiger charge is 2.32. The van der Waals surface area contributed by atoms with Gasteiger partial charge in [-0.15, -0.1) is 0 Å². The third kappa shape index (κ3) is 1.38. The van der Waals surface area contributed by atoms with E-state index in [4.69, 9.17) is 0 Å². The fourth-order valence-corrected chi connectivity index (χ4v) is 2.58. The molecule has 0 saturated carbocycles. The van der Waals surface area contributed by atoms with Gasteiger partial charge in [0.15, 0.2) is 0 Å². The van der Waals surface area contributed by atoms with Gasteiger partial charge in [0, 0.05) is 31.9 Å². The molecule has 3 heterocycles. The summed E-state index contributed by atoms with van der Waals surface area (Å²) < 4.78 is 0. The number of hydrogen-bond donors (Lipinski definition) is 1. The van der Waals surface area contributed by atoms with E-state index in [-0.39, 0.29) is 0 Å². The first-order valence-corrected chi connectivity index (χ1v) is 5.30. The molecule has 14 heavy (non-hydrogen) atoms. The van der Waals surface area contributed by atoms with E-state index < -0.39 is 0 Å². The van der Waals surface area contributed by atoms with Crippen molar-refractivity contribution in [1.29, 1.82) is 0 Å². The second kappa shape index (κ2) is 3.24. The molecular formula is C11H15N3. The number of piperidine rings is 1. The zero-order chi connectivity index (χ0) is 9.38. The Bertz CT molecular complexity index is 300. The average Bonchev–Trinajstić information content (AvgIpc) is 2.59. The molecule has 2 fully saturated rings. The summed E-state index contributed by atoms with van der Waals surface area (Å²) in [5, 5.41) is 3.56. The molecule has 2 aliphatic heterocycles. The van der Waals surface area contributed by atoms with Crippen LogP contribution in [0.1, 0.15) is 6.42 Å². The molecular weight excluding hydrogens is 174 g/mol. The molecule has 3 nitrogen and oxygen atoms in total. The minimum atomic E-state index is 0.703. The highest BCUT2D eigenvalue weighted by atomic mass is 15.2. The summed E-state index contributed by atoms with van der Waals surface area (Å²) in [5.74, 6) is 0.842. The van der Waals surface area contributed by atoms with Gasteiger partial charge in [-0.2, -0.15) is 0 Å². The van der Waals surface area contributed by atoms with Crippen molar-refractivity contribution in [1.82, 2.24) is 10.3 Å². The van der Waals surface area contributed by atoms with Crippen molar-refractivity contribution in [2.24, 2.45) is 5.92 Å². The maximum absolute atomic E-state index is 4.17. The smallest absolute Gasteiger partial charge is 0.0553 e. The van der Waals surface area contributed by atoms with Gasteiger partial charge in [0.05, 0.1) is 11.9 Å². The van der Waals surface area contributed by atoms with Crippen molar-refractivity contribution >= 4 is 5.69 Å². The highest BCUT2D eigenvalue weighted by Crippen LogP contribution is 2.25. The lowest BCUT2D eigenvalue weighted by Crippen LogP contribution is -2.41. The molecule has 3 heteroatoms. The van der Waals surface area contributed by atoms with Crippen LogP contribution in [0.25, 0.3) is 0 Å². The lowest BCUT2D eigenvalue weighted by Gasteiger charge is -2.32. The van der Waals surface area contributed by atoms with Crippen molar-refractivity contribution in [2.75, 3.05) is 24.5 Å². The Morgan fingerprint density at radius 1 is 1.43 bits per heavy atom. The second-order valence-electron chi connectivity index (χ2n) is 4.32. The lowest BCUT2D eigenvalue weighted by atomic mass is 10.00. The molecule has 74 valence electrons. The van der Waals surface area contributed by atoms with Crippen molar-refractivity contribution in [3.8, 4) is 0 Å². The van der Waals surface area contributed by atoms with Gasteiger partial charge in [-0.1, -0.05) is 0 Å². The van der Waals surface area contributed by atoms with E-state index in [0.29, 0.717) is 6.04 Å². The number of hydrogen-bond acceptors (Lipinski definition) is 3. The van der Waals surface area contributed by atoms with Crippen LogP contribution in [0.3, 0.4) is 0 Å². The van der Waals surface area contributed by atoms with Gasteiger partial charge in [-0.25, -0.2) is 0 Å². The van der Waals surface area contributed by atoms with E-state index >= 15 is 0 Å². The standard InChI is InChI=1S/C11H15N3/c1-2-11(6-12-3-1)14-7-9-4-10(8-14)13-5-9/h1-3,6,9-10,13H,4-5,7-8H2. The summed E-state index contributed by atoms with van der Waals surface area (Å²) in [5.41, 5.74) is 1.27. The average molecular weight is 189 g/mol. The first kappa shape index (κ1) is 8.24. The molecule has 0 spiro atoms. The Hall–Kier alpha value is -1.09. The van der Waals surface area contributed by atoms with E-state index in [1.165, 1.54) is 25.2 Å². The maximum Gasteiger partial charge on any atom is 0.0553 e. The second-order valence-corrected chi connectivity index (χ2v) is 4.32. The fourth-order valence-electron chi connectivity index (χ4n) is 2.58. The molecule has 2 atom stereocenters. The Morgan fingerprint density at radius 3 is 3.21 bits per heavy atom. The summed E-state index contributed by atoms with van der Waals surface area (Å²) in [7, 11) is 0. The summed E-state index contributed by atoms with van der Waals surface area (Å²) in [6, 6.07) is 4.87. The summed E-state index contributed by atoms with van der Waals surface area (Å²) in [6.07, 6.45) is 5.15. The minimum absolute atomic E-state index is 0.703. The number of anilines is 1. The zero-order valence-electron chi connectivity index (χ0n) is 8.19. The van der Waals surface area contributed by atoms with Gasteiger partial charge in [0.1, 0.15) is 0 Å². The first-order chi connectivity index (χ1) is 6.92. The Labute approximate surface area is 84.1 Å². The topological polar surface area (TPSA) is 28.2 Å². The quantitative estimate of drug-likeness (QED) is 0.711. The van der Waals surface area contributed by atoms with Crippen LogP contribution in [0, 0.1) is 5.92 Å². The fraction of sp³-hybridized carbons (Fsp3) is 0.545. The van der Waals surface area contributed by atoms with E-state index in [2.05, 4.69) is 21.3 Å². The lowest BCUT2D eigenvalue weighted by molar-refractivity contribution is 0.474. The van der Waals surface area contributed by atoms with Crippen LogP contribution in [0.15, 0.2) is 24.5 Å². The Morgan fingerprint density at radius 2 is 2.43 bits per heavy atom. The third-order valence-corrected chi connectivity index (χ3v) is 3.24. The van der Waals surface area contributed by atoms with Crippen LogP contribution in [0.4, 0.5) is 5.69 Å². The van der Waals surface area contributed by atoms with E-state index in [1.807, 2.05) is 18.5 Å². The highest BCUT2D eigenvalue weighted by molar-refractivity contribution is 5.44. The Balaban J connectivity index is 1.81. The number of rotatable bonds is 1. The van der Waals surface area contributed by atoms with Gasteiger partial charge >= 0.3 is 0 Å². The normalized spacial score (nSPS) is 30.7. The van der Waals surface area contributed by atoms with Crippen LogP contribution < -0.4 is 10.2 Å². The van der Waals surface area contributed by atoms with Crippen LogP contribution in [0.5, 0.6) is 0 Å². The zero-order valence-corrected chi connectivity index (χ0v) is 8.19. The molecule has 2 saturated heterocycles. The van der Waals surface area contributed by atoms with E-state index in [9.17, 15) is 0 Å². The SMILES string of the molecule is c1cncc(N2CC3CNC(C3)C2)c1. The third-order valence-electron chi connectivity index (χ3n) is 3.24. The number of nitrogens with one attached hydrogen (secondary N) is 1. The molecule has 2 unspecified atom stereocenters. The van der Waals surface area contributed by atoms with Crippen LogP contribution in [-0.2, 0) is 0 Å². The van der Waals surface area contributed by atoms with E-state index in [1.54, 1.807) is 0 Å². The van der Waals surface area contributed by atoms with Crippen LogP contribution in [0.2, 0.25) is 0 Å². The molecule has 2 bridgehead atoms. The Kier molecular flexibility index (Phi) is 1.91. The molecule has 0 aliphatic carbocycles. The molecule has 1 N–H and O–H groups in total. The summed E-state index contributed by atoms with van der Waals surface area (Å²) in [4.78, 5) is 6.62. The number of fused-ring (bicyclic) bond motifs is 2. The first-order valence-electron chi connectivity index (χ1n) is 5.30. The number of nitrogens with zero attached hydrogens (tertiary/aromatic N) is 2. The van der Waals surface area contributed by atoms with Gasteiger partial charge in [-0.3, -0.25) is 4.98 Å². The predicted octanol–water partition coefficient (Wildman–Crippen LogP) is 0.880. The summed E-state index contributed by atoms with van der Waals surface area (Å²) in [6.45, 7) is 3.53. The number of pyridine rings is 1. The number of aromatic nitrogens is 1. The molecule has 2 aliphatic rings. The van der Waals surface area contributed by atoms with Gasteiger partial charge in [-0.05, 0) is 24.5 Å². The van der Waals surface area contributed by atoms with Crippen molar-refractivity contribution in [3.05, 3.63) is 24.5 Å². The van der Waals surface area contributed by atoms with E-state index in [0.717, 1.165) is 12.5 Å². The molecule has 0 amide bonds. The molecule has 0 radical (unpaired) electrons. The monoisotopic (exact) mass is 189 g/mol. The van der Waals surface area contributed by atoms with Gasteiger partial charge < -0.3 is 10.2 Å². The molecule has 1 aromatic rings. The van der Waals surface area contributed by atoms with Gasteiger partial charge in [0.25, 0.3) is 0 Å². The molecule has 1 aromatic heterocycles. The van der Waals surface area contributed by atoms with Crippen molar-refractivity contribution in [2.45, 2.75) is 12.5 Å². The van der Waals surface area contributed by atoms with Crippen LogP contribution >= 0.6 is 0 Å². The largest absolute Gasteiger partial charge is 0.368 e. The molecule has 3 rings (SSSR count). The van der Waals surface area contributed by atoms with Crippen molar-refractivity contribution in [3.63, 3.8) is 0 Å². The minimum Gasteiger partial charge on any atom is -0.368 e. The van der Waals surface area contributed by atoms with Gasteiger partial charge in [0.2, 0.25) is 0 Å². The molecule has 0 aromatic carbocycles. The maximum atomic E-state index is 4.17.